The van der Waals surface area contributed by atoms with Crippen molar-refractivity contribution in [1.29, 1.82) is 0 Å². The number of unbranched alkanes of at least 4 members (excludes halogenated alkanes) is 2. The van der Waals surface area contributed by atoms with Gasteiger partial charge in [-0.1, -0.05) is 32.1 Å². The fraction of sp³-hybridized carbons (Fsp3) is 0.200. The molecule has 0 atom stereocenters. The Hall–Kier alpha value is -4.05. The van der Waals surface area contributed by atoms with Crippen molar-refractivity contribution in [2.45, 2.75) is 32.6 Å². The van der Waals surface area contributed by atoms with Crippen LogP contribution >= 0.6 is 0 Å². The summed E-state index contributed by atoms with van der Waals surface area (Å²) >= 11 is 0. The number of carbonyl (C=O) groups is 1. The lowest BCUT2D eigenvalue weighted by atomic mass is 10.1. The van der Waals surface area contributed by atoms with Crippen LogP contribution < -0.4 is 4.74 Å². The largest absolute Gasteiger partial charge is 0.419 e. The highest BCUT2D eigenvalue weighted by Gasteiger charge is 2.07. The van der Waals surface area contributed by atoms with Crippen LogP contribution in [0.5, 0.6) is 5.75 Å². The topological polar surface area (TPSA) is 61.3 Å². The van der Waals surface area contributed by atoms with Gasteiger partial charge in [0, 0.05) is 17.4 Å². The first kappa shape index (κ1) is 22.2. The van der Waals surface area contributed by atoms with Crippen molar-refractivity contribution in [1.82, 2.24) is 10.2 Å². The van der Waals surface area contributed by atoms with Gasteiger partial charge in [-0.15, -0.1) is 0 Å². The normalized spacial score (nSPS) is 9.10. The molecule has 0 saturated heterocycles. The zero-order valence-electron chi connectivity index (χ0n) is 16.9. The average molecular weight is 398 g/mol. The van der Waals surface area contributed by atoms with Crippen molar-refractivity contribution < 1.29 is 14.3 Å². The molecule has 0 N–H and O–H groups in total. The van der Waals surface area contributed by atoms with Crippen LogP contribution in [0.4, 0.5) is 0 Å². The molecule has 0 saturated carbocycles. The van der Waals surface area contributed by atoms with Crippen LogP contribution in [0.1, 0.15) is 31.9 Å². The third-order valence-corrected chi connectivity index (χ3v) is 3.85. The molecule has 0 aliphatic heterocycles. The summed E-state index contributed by atoms with van der Waals surface area (Å²) < 4.78 is 10.5. The predicted molar refractivity (Wildman–Crippen MR) is 114 cm³/mol. The lowest BCUT2D eigenvalue weighted by Crippen LogP contribution is -2.05. The molecular weight excluding hydrogens is 376 g/mol. The number of carbonyl (C=O) groups excluding carboxylic acids is 1. The van der Waals surface area contributed by atoms with Gasteiger partial charge >= 0.3 is 11.9 Å². The Morgan fingerprint density at radius 2 is 1.87 bits per heavy atom. The first-order valence-electron chi connectivity index (χ1n) is 9.51. The third-order valence-electron chi connectivity index (χ3n) is 3.85. The molecule has 5 nitrogen and oxygen atoms in total. The first-order valence-corrected chi connectivity index (χ1v) is 9.51. The molecular formula is C25H22N2O3. The molecule has 0 aliphatic rings. The van der Waals surface area contributed by atoms with Crippen LogP contribution in [-0.2, 0) is 16.0 Å². The van der Waals surface area contributed by atoms with Gasteiger partial charge in [0.25, 0.3) is 0 Å². The van der Waals surface area contributed by atoms with Crippen LogP contribution in [0.3, 0.4) is 0 Å². The fourth-order valence-corrected chi connectivity index (χ4v) is 2.37. The van der Waals surface area contributed by atoms with E-state index in [0.29, 0.717) is 5.75 Å². The van der Waals surface area contributed by atoms with Crippen molar-refractivity contribution in [2.75, 3.05) is 0 Å². The summed E-state index contributed by atoms with van der Waals surface area (Å²) in [6.45, 7) is 8.88. The first-order chi connectivity index (χ1) is 14.7. The van der Waals surface area contributed by atoms with Gasteiger partial charge in [-0.05, 0) is 73.0 Å². The van der Waals surface area contributed by atoms with E-state index in [-0.39, 0.29) is 5.95 Å². The molecule has 1 aromatic carbocycles. The molecule has 1 aromatic heterocycles. The Labute approximate surface area is 176 Å². The molecule has 0 fully saturated rings. The van der Waals surface area contributed by atoms with Gasteiger partial charge in [-0.25, -0.2) is 4.79 Å². The predicted octanol–water partition coefficient (Wildman–Crippen LogP) is 5.23. The summed E-state index contributed by atoms with van der Waals surface area (Å²) in [5.41, 5.74) is 15.0. The van der Waals surface area contributed by atoms with Crippen LogP contribution in [0.2, 0.25) is 0 Å². The highest BCUT2D eigenvalue weighted by Crippen LogP contribution is 2.22. The second-order valence-corrected chi connectivity index (χ2v) is 6.08. The number of aromatic nitrogens is 2. The summed E-state index contributed by atoms with van der Waals surface area (Å²) in [6, 6.07) is 11.1. The minimum absolute atomic E-state index is 0.206. The molecule has 5 heteroatoms. The van der Waals surface area contributed by atoms with E-state index in [1.807, 2.05) is 24.3 Å². The standard InChI is InChI=1S/C25H22N2O3/c1-4-7-9-11-13-25(30-24(28)6-3)29-22-17-14-20(15-18-22)23-19-16-21(26-27-23)12-10-8-5-2/h6,14-19H,1,3,5,8,10,12H2,2H3. The highest BCUT2D eigenvalue weighted by atomic mass is 16.7. The van der Waals surface area contributed by atoms with E-state index in [4.69, 9.17) is 9.47 Å². The van der Waals surface area contributed by atoms with Crippen LogP contribution in [0, 0.1) is 0 Å². The lowest BCUT2D eigenvalue weighted by molar-refractivity contribution is -0.136. The maximum atomic E-state index is 11.5. The minimum atomic E-state index is -0.687. The maximum absolute atomic E-state index is 11.5. The van der Waals surface area contributed by atoms with E-state index in [0.717, 1.165) is 35.9 Å². The molecule has 1 heterocycles. The summed E-state index contributed by atoms with van der Waals surface area (Å²) in [6.07, 6.45) is 5.44. The second kappa shape index (κ2) is 12.4. The smallest absolute Gasteiger partial charge is 0.350 e. The number of nitrogens with zero attached hydrogens (tertiary/aromatic N) is 2. The second-order valence-electron chi connectivity index (χ2n) is 6.08. The zero-order chi connectivity index (χ0) is 21.6. The molecule has 0 spiro atoms. The van der Waals surface area contributed by atoms with Crippen LogP contribution in [0.15, 0.2) is 90.2 Å². The highest BCUT2D eigenvalue weighted by molar-refractivity contribution is 5.81. The van der Waals surface area contributed by atoms with E-state index in [1.165, 1.54) is 12.8 Å². The quantitative estimate of drug-likeness (QED) is 0.190. The Balaban J connectivity index is 2.16. The van der Waals surface area contributed by atoms with Gasteiger partial charge in [-0.3, -0.25) is 0 Å². The minimum Gasteiger partial charge on any atom is -0.419 e. The lowest BCUT2D eigenvalue weighted by Gasteiger charge is -2.07. The summed E-state index contributed by atoms with van der Waals surface area (Å²) in [4.78, 5) is 11.5. The van der Waals surface area contributed by atoms with Crippen LogP contribution in [0.25, 0.3) is 11.3 Å². The Morgan fingerprint density at radius 1 is 1.07 bits per heavy atom. The van der Waals surface area contributed by atoms with E-state index in [1.54, 1.807) is 12.1 Å². The molecule has 2 aromatic rings. The Bertz CT molecular complexity index is 1070. The number of esters is 1. The summed E-state index contributed by atoms with van der Waals surface area (Å²) in [7, 11) is 0. The molecule has 0 amide bonds. The van der Waals surface area contributed by atoms with Crippen LogP contribution in [-0.4, -0.2) is 16.2 Å². The van der Waals surface area contributed by atoms with E-state index in [2.05, 4.69) is 58.9 Å². The third kappa shape index (κ3) is 7.52. The summed E-state index contributed by atoms with van der Waals surface area (Å²) in [5.74, 6) is -0.456. The summed E-state index contributed by atoms with van der Waals surface area (Å²) in [5, 5.41) is 8.60. The van der Waals surface area contributed by atoms with Gasteiger partial charge in [-0.2, -0.15) is 10.2 Å². The molecule has 2 rings (SSSR count). The Kier molecular flexibility index (Phi) is 9.21. The van der Waals surface area contributed by atoms with E-state index >= 15 is 0 Å². The van der Waals surface area contributed by atoms with Crippen molar-refractivity contribution in [3.8, 4) is 17.0 Å². The van der Waals surface area contributed by atoms with Gasteiger partial charge < -0.3 is 9.47 Å². The maximum Gasteiger partial charge on any atom is 0.350 e. The van der Waals surface area contributed by atoms with Crippen molar-refractivity contribution in [2.24, 2.45) is 0 Å². The molecule has 0 bridgehead atoms. The Morgan fingerprint density at radius 3 is 2.50 bits per heavy atom. The van der Waals surface area contributed by atoms with Gasteiger partial charge in [0.05, 0.1) is 11.4 Å². The van der Waals surface area contributed by atoms with Crippen molar-refractivity contribution in [3.63, 3.8) is 0 Å². The average Bonchev–Trinajstić information content (AvgIpc) is 2.78. The van der Waals surface area contributed by atoms with Gasteiger partial charge in [0.2, 0.25) is 0 Å². The van der Waals surface area contributed by atoms with Gasteiger partial charge in [0.15, 0.2) is 0 Å². The molecule has 0 aliphatic carbocycles. The molecule has 0 unspecified atom stereocenters. The van der Waals surface area contributed by atoms with Crippen molar-refractivity contribution >= 4 is 5.97 Å². The SMILES string of the molecule is C=C=C=C=C=C=C(OC(=O)C=C)Oc1ccc(-c2ccc(CCCCC)nn2)cc1. The number of benzene rings is 1. The van der Waals surface area contributed by atoms with E-state index < -0.39 is 5.97 Å². The van der Waals surface area contributed by atoms with Gasteiger partial charge in [0.1, 0.15) is 5.75 Å². The number of aryl methyl sites for hydroxylation is 1. The number of ether oxygens (including phenoxy) is 2. The number of hydrogen-bond acceptors (Lipinski definition) is 5. The zero-order valence-corrected chi connectivity index (χ0v) is 16.9. The monoisotopic (exact) mass is 398 g/mol. The molecule has 0 radical (unpaired) electrons. The molecule has 30 heavy (non-hydrogen) atoms. The molecule has 150 valence electrons. The number of hydrogen-bond donors (Lipinski definition) is 0. The van der Waals surface area contributed by atoms with Crippen molar-refractivity contribution in [3.05, 3.63) is 95.9 Å². The fourth-order valence-electron chi connectivity index (χ4n) is 2.37. The number of rotatable bonds is 9. The van der Waals surface area contributed by atoms with E-state index in [9.17, 15) is 4.79 Å².